The number of ether oxygens (including phenoxy) is 1. The van der Waals surface area contributed by atoms with E-state index in [9.17, 15) is 28.1 Å². The summed E-state index contributed by atoms with van der Waals surface area (Å²) < 4.78 is 39.4. The third kappa shape index (κ3) is 5.08. The molecule has 0 aliphatic carbocycles. The molecule has 1 aromatic rings. The fraction of sp³-hybridized carbons (Fsp3) is 0.182. The van der Waals surface area contributed by atoms with E-state index in [4.69, 9.17) is 0 Å². The zero-order valence-corrected chi connectivity index (χ0v) is 9.23. The van der Waals surface area contributed by atoms with Crippen molar-refractivity contribution in [3.8, 4) is 11.8 Å². The Kier molecular flexibility index (Phi) is 4.47. The highest BCUT2D eigenvalue weighted by Gasteiger charge is 2.22. The summed E-state index contributed by atoms with van der Waals surface area (Å²) in [5.41, 5.74) is -0.229. The van der Waals surface area contributed by atoms with Crippen LogP contribution in [0.25, 0.3) is 0 Å². The maximum absolute atomic E-state index is 11.6. The molecule has 0 atom stereocenters. The predicted molar refractivity (Wildman–Crippen MR) is 57.2 cm³/mol. The molecule has 0 aromatic heterocycles. The number of esters is 1. The van der Waals surface area contributed by atoms with E-state index in [-0.39, 0.29) is 11.3 Å². The number of carbonyl (C=O) groups is 1. The smallest absolute Gasteiger partial charge is 0.449 e. The van der Waals surface area contributed by atoms with Gasteiger partial charge in [-0.3, -0.25) is 10.1 Å². The monoisotopic (exact) mass is 273 g/mol. The Morgan fingerprint density at radius 3 is 2.37 bits per heavy atom. The molecule has 100 valence electrons. The summed E-state index contributed by atoms with van der Waals surface area (Å²) in [5, 5.41) is 10.4. The van der Waals surface area contributed by atoms with Crippen molar-refractivity contribution in [2.24, 2.45) is 0 Å². The van der Waals surface area contributed by atoms with E-state index in [1.165, 1.54) is 0 Å². The van der Waals surface area contributed by atoms with Gasteiger partial charge < -0.3 is 4.74 Å². The lowest BCUT2D eigenvalue weighted by molar-refractivity contribution is -0.384. The average Bonchev–Trinajstić information content (AvgIpc) is 2.33. The van der Waals surface area contributed by atoms with Crippen molar-refractivity contribution in [1.29, 1.82) is 0 Å². The van der Waals surface area contributed by atoms with E-state index in [0.29, 0.717) is 0 Å². The number of hydrogen-bond acceptors (Lipinski definition) is 4. The maximum Gasteiger partial charge on any atom is 0.457 e. The van der Waals surface area contributed by atoms with E-state index >= 15 is 0 Å². The van der Waals surface area contributed by atoms with Gasteiger partial charge in [0.2, 0.25) is 0 Å². The average molecular weight is 273 g/mol. The van der Waals surface area contributed by atoms with Crippen LogP contribution in [0.4, 0.5) is 18.9 Å². The Hall–Kier alpha value is -2.56. The largest absolute Gasteiger partial charge is 0.457 e. The number of nitrogens with zero attached hydrogens (tertiary/aromatic N) is 1. The number of nitro groups is 1. The van der Waals surface area contributed by atoms with Crippen molar-refractivity contribution >= 4 is 11.7 Å². The van der Waals surface area contributed by atoms with E-state index in [1.54, 1.807) is 5.92 Å². The Morgan fingerprint density at radius 2 is 1.89 bits per heavy atom. The van der Waals surface area contributed by atoms with Gasteiger partial charge in [-0.1, -0.05) is 5.92 Å². The lowest BCUT2D eigenvalue weighted by Crippen LogP contribution is -2.07. The van der Waals surface area contributed by atoms with Crippen LogP contribution in [-0.2, 0) is 4.74 Å². The Bertz CT molecular complexity index is 540. The number of nitro benzene ring substituents is 1. The van der Waals surface area contributed by atoms with Crippen molar-refractivity contribution in [1.82, 2.24) is 0 Å². The molecule has 19 heavy (non-hydrogen) atoms. The summed E-state index contributed by atoms with van der Waals surface area (Å²) >= 11 is 0. The minimum Gasteiger partial charge on any atom is -0.449 e. The number of rotatable bonds is 3. The molecule has 0 fully saturated rings. The number of halogens is 3. The van der Waals surface area contributed by atoms with Crippen LogP contribution >= 0.6 is 0 Å². The summed E-state index contributed by atoms with van der Waals surface area (Å²) in [5.74, 6) is 1.65. The molecule has 1 rings (SSSR count). The minimum atomic E-state index is -4.64. The zero-order chi connectivity index (χ0) is 14.5. The fourth-order valence-electron chi connectivity index (χ4n) is 1.04. The van der Waals surface area contributed by atoms with Gasteiger partial charge in [0.1, 0.15) is 0 Å². The molecule has 0 amide bonds. The molecule has 0 radical (unpaired) electrons. The van der Waals surface area contributed by atoms with E-state index in [1.807, 2.05) is 0 Å². The van der Waals surface area contributed by atoms with E-state index < -0.39 is 23.7 Å². The van der Waals surface area contributed by atoms with Gasteiger partial charge in [-0.15, -0.1) is 0 Å². The molecule has 0 bridgehead atoms. The number of hydrogen-bond donors (Lipinski definition) is 0. The van der Waals surface area contributed by atoms with Crippen LogP contribution in [0.1, 0.15) is 10.4 Å². The van der Waals surface area contributed by atoms with Crippen LogP contribution < -0.4 is 0 Å². The number of carbonyl (C=O) groups excluding carboxylic acids is 1. The van der Waals surface area contributed by atoms with Crippen molar-refractivity contribution in [3.05, 3.63) is 39.9 Å². The molecular weight excluding hydrogens is 267 g/mol. The molecule has 8 heteroatoms. The maximum atomic E-state index is 11.6. The van der Waals surface area contributed by atoms with Gasteiger partial charge in [-0.05, 0) is 12.1 Å². The molecule has 1 aromatic carbocycles. The lowest BCUT2D eigenvalue weighted by atomic mass is 10.2. The SMILES string of the molecule is O=C(OCC#CC(F)(F)F)c1ccc([N+](=O)[O-])cc1. The summed E-state index contributed by atoms with van der Waals surface area (Å²) in [6, 6.07) is 4.44. The molecule has 0 N–H and O–H groups in total. The highest BCUT2D eigenvalue weighted by atomic mass is 19.4. The van der Waals surface area contributed by atoms with Gasteiger partial charge in [-0.2, -0.15) is 13.2 Å². The minimum absolute atomic E-state index is 0.0144. The van der Waals surface area contributed by atoms with Gasteiger partial charge in [-0.25, -0.2) is 4.79 Å². The molecule has 0 unspecified atom stereocenters. The molecule has 0 saturated carbocycles. The highest BCUT2D eigenvalue weighted by Crippen LogP contribution is 2.13. The topological polar surface area (TPSA) is 69.4 Å². The second-order valence-electron chi connectivity index (χ2n) is 3.18. The van der Waals surface area contributed by atoms with Crippen LogP contribution in [0, 0.1) is 22.0 Å². The Balaban J connectivity index is 2.58. The fourth-order valence-corrected chi connectivity index (χ4v) is 1.04. The first kappa shape index (κ1) is 14.5. The van der Waals surface area contributed by atoms with Crippen LogP contribution in [0.3, 0.4) is 0 Å². The number of non-ortho nitro benzene ring substituents is 1. The molecule has 0 spiro atoms. The summed E-state index contributed by atoms with van der Waals surface area (Å²) in [6.07, 6.45) is -4.64. The van der Waals surface area contributed by atoms with Crippen LogP contribution in [0.5, 0.6) is 0 Å². The quantitative estimate of drug-likeness (QED) is 0.367. The van der Waals surface area contributed by atoms with Gasteiger partial charge >= 0.3 is 12.1 Å². The Labute approximate surface area is 105 Å². The second-order valence-corrected chi connectivity index (χ2v) is 3.18. The first-order chi connectivity index (χ1) is 8.79. The number of alkyl halides is 3. The summed E-state index contributed by atoms with van der Waals surface area (Å²) in [4.78, 5) is 21.0. The molecular formula is C11H6F3NO4. The zero-order valence-electron chi connectivity index (χ0n) is 9.23. The summed E-state index contributed by atoms with van der Waals surface area (Å²) in [7, 11) is 0. The van der Waals surface area contributed by atoms with Crippen molar-refractivity contribution in [3.63, 3.8) is 0 Å². The number of benzene rings is 1. The standard InChI is InChI=1S/C11H6F3NO4/c12-11(13,14)6-1-7-19-10(16)8-2-4-9(5-3-8)15(17)18/h2-5H,7H2. The first-order valence-corrected chi connectivity index (χ1v) is 4.78. The van der Waals surface area contributed by atoms with Gasteiger partial charge in [0.25, 0.3) is 5.69 Å². The molecule has 0 aliphatic heterocycles. The summed E-state index contributed by atoms with van der Waals surface area (Å²) in [6.45, 7) is -0.713. The van der Waals surface area contributed by atoms with Crippen molar-refractivity contribution in [2.45, 2.75) is 6.18 Å². The third-order valence-electron chi connectivity index (χ3n) is 1.82. The first-order valence-electron chi connectivity index (χ1n) is 4.78. The van der Waals surface area contributed by atoms with Gasteiger partial charge in [0.15, 0.2) is 6.61 Å². The third-order valence-corrected chi connectivity index (χ3v) is 1.82. The van der Waals surface area contributed by atoms with Crippen LogP contribution in [0.15, 0.2) is 24.3 Å². The predicted octanol–water partition coefficient (Wildman–Crippen LogP) is 2.32. The van der Waals surface area contributed by atoms with E-state index in [2.05, 4.69) is 4.74 Å². The van der Waals surface area contributed by atoms with Crippen molar-refractivity contribution in [2.75, 3.05) is 6.61 Å². The van der Waals surface area contributed by atoms with Crippen molar-refractivity contribution < 1.29 is 27.6 Å². The van der Waals surface area contributed by atoms with Gasteiger partial charge in [0, 0.05) is 18.1 Å². The molecule has 0 saturated heterocycles. The van der Waals surface area contributed by atoms with Gasteiger partial charge in [0.05, 0.1) is 10.5 Å². The van der Waals surface area contributed by atoms with E-state index in [0.717, 1.165) is 30.2 Å². The Morgan fingerprint density at radius 1 is 1.32 bits per heavy atom. The lowest BCUT2D eigenvalue weighted by Gasteiger charge is -2.00. The normalized spacial score (nSPS) is 10.3. The van der Waals surface area contributed by atoms with Crippen LogP contribution in [-0.4, -0.2) is 23.7 Å². The second kappa shape index (κ2) is 5.86. The molecule has 0 heterocycles. The van der Waals surface area contributed by atoms with Crippen LogP contribution in [0.2, 0.25) is 0 Å². The molecule has 0 aliphatic rings. The highest BCUT2D eigenvalue weighted by molar-refractivity contribution is 5.89. The molecule has 5 nitrogen and oxygen atoms in total.